The van der Waals surface area contributed by atoms with E-state index in [1.165, 1.54) is 18.4 Å². The molecule has 120 valence electrons. The van der Waals surface area contributed by atoms with Gasteiger partial charge in [0.2, 0.25) is 0 Å². The molecular weight excluding hydrogens is 309 g/mol. The number of hydrogen-bond donors (Lipinski definition) is 2. The molecule has 2 N–H and O–H groups in total. The van der Waals surface area contributed by atoms with Gasteiger partial charge in [-0.3, -0.25) is 0 Å². The maximum atomic E-state index is 13.9. The molecular formula is C15H18FNO4S. The maximum absolute atomic E-state index is 13.9. The van der Waals surface area contributed by atoms with Gasteiger partial charge < -0.3 is 14.8 Å². The lowest BCUT2D eigenvalue weighted by Crippen LogP contribution is -2.24. The van der Waals surface area contributed by atoms with Crippen molar-refractivity contribution < 1.29 is 22.3 Å². The van der Waals surface area contributed by atoms with E-state index in [2.05, 4.69) is 5.32 Å². The molecule has 0 saturated carbocycles. The SMILES string of the molecule is C[C@H](NC[C@H](O)c1ccco1)c1ccc(S(C)(=O)=O)c(F)c1. The molecule has 7 heteroatoms. The number of halogens is 1. The van der Waals surface area contributed by atoms with E-state index in [4.69, 9.17) is 4.42 Å². The second-order valence-electron chi connectivity index (χ2n) is 5.12. The van der Waals surface area contributed by atoms with E-state index in [9.17, 15) is 17.9 Å². The second-order valence-corrected chi connectivity index (χ2v) is 7.11. The van der Waals surface area contributed by atoms with Crippen LogP contribution in [0.5, 0.6) is 0 Å². The summed E-state index contributed by atoms with van der Waals surface area (Å²) < 4.78 is 41.7. The average Bonchev–Trinajstić information content (AvgIpc) is 2.97. The molecule has 2 rings (SSSR count). The van der Waals surface area contributed by atoms with Crippen LogP contribution in [0.4, 0.5) is 4.39 Å². The van der Waals surface area contributed by atoms with Crippen LogP contribution in [-0.4, -0.2) is 26.3 Å². The van der Waals surface area contributed by atoms with Gasteiger partial charge in [0, 0.05) is 18.8 Å². The van der Waals surface area contributed by atoms with Gasteiger partial charge in [-0.25, -0.2) is 12.8 Å². The zero-order valence-corrected chi connectivity index (χ0v) is 13.1. The number of aliphatic hydroxyl groups excluding tert-OH is 1. The molecule has 0 radical (unpaired) electrons. The van der Waals surface area contributed by atoms with Crippen LogP contribution < -0.4 is 5.32 Å². The van der Waals surface area contributed by atoms with Gasteiger partial charge in [-0.15, -0.1) is 0 Å². The van der Waals surface area contributed by atoms with Crippen molar-refractivity contribution in [1.29, 1.82) is 0 Å². The number of furan rings is 1. The number of aliphatic hydroxyl groups is 1. The van der Waals surface area contributed by atoms with Crippen molar-refractivity contribution in [3.05, 3.63) is 53.7 Å². The molecule has 0 amide bonds. The quantitative estimate of drug-likeness (QED) is 0.850. The average molecular weight is 327 g/mol. The zero-order chi connectivity index (χ0) is 16.3. The molecule has 1 heterocycles. The fourth-order valence-electron chi connectivity index (χ4n) is 2.07. The normalized spacial score (nSPS) is 14.7. The Morgan fingerprint density at radius 2 is 2.09 bits per heavy atom. The van der Waals surface area contributed by atoms with Gasteiger partial charge in [0.05, 0.1) is 6.26 Å². The summed E-state index contributed by atoms with van der Waals surface area (Å²) in [4.78, 5) is -0.320. The molecule has 0 spiro atoms. The summed E-state index contributed by atoms with van der Waals surface area (Å²) in [5, 5.41) is 12.9. The fraction of sp³-hybridized carbons (Fsp3) is 0.333. The van der Waals surface area contributed by atoms with Crippen molar-refractivity contribution >= 4 is 9.84 Å². The highest BCUT2D eigenvalue weighted by Crippen LogP contribution is 2.21. The zero-order valence-electron chi connectivity index (χ0n) is 12.3. The third-order valence-electron chi connectivity index (χ3n) is 3.34. The first-order valence-electron chi connectivity index (χ1n) is 6.73. The Morgan fingerprint density at radius 3 is 2.64 bits per heavy atom. The summed E-state index contributed by atoms with van der Waals surface area (Å²) in [6.45, 7) is 2.02. The summed E-state index contributed by atoms with van der Waals surface area (Å²) in [5.41, 5.74) is 0.594. The first kappa shape index (κ1) is 16.7. The lowest BCUT2D eigenvalue weighted by molar-refractivity contribution is 0.144. The Kier molecular flexibility index (Phi) is 5.00. The Bertz CT molecular complexity index is 728. The molecule has 0 aliphatic rings. The molecule has 0 aliphatic carbocycles. The highest BCUT2D eigenvalue weighted by molar-refractivity contribution is 7.90. The molecule has 1 aromatic heterocycles. The largest absolute Gasteiger partial charge is 0.467 e. The van der Waals surface area contributed by atoms with E-state index in [0.29, 0.717) is 11.3 Å². The summed E-state index contributed by atoms with van der Waals surface area (Å²) >= 11 is 0. The fourth-order valence-corrected chi connectivity index (χ4v) is 2.80. The van der Waals surface area contributed by atoms with Crippen molar-refractivity contribution in [2.24, 2.45) is 0 Å². The Balaban J connectivity index is 2.04. The molecule has 2 atom stereocenters. The highest BCUT2D eigenvalue weighted by atomic mass is 32.2. The van der Waals surface area contributed by atoms with Crippen LogP contribution in [-0.2, 0) is 9.84 Å². The van der Waals surface area contributed by atoms with Gasteiger partial charge in [-0.1, -0.05) is 6.07 Å². The van der Waals surface area contributed by atoms with Crippen LogP contribution in [0.3, 0.4) is 0 Å². The molecule has 1 aromatic carbocycles. The number of hydrogen-bond acceptors (Lipinski definition) is 5. The third-order valence-corrected chi connectivity index (χ3v) is 4.47. The topological polar surface area (TPSA) is 79.5 Å². The van der Waals surface area contributed by atoms with Gasteiger partial charge >= 0.3 is 0 Å². The summed E-state index contributed by atoms with van der Waals surface area (Å²) in [6.07, 6.45) is 1.63. The van der Waals surface area contributed by atoms with Crippen molar-refractivity contribution in [3.8, 4) is 0 Å². The smallest absolute Gasteiger partial charge is 0.178 e. The summed E-state index contributed by atoms with van der Waals surface area (Å²) in [7, 11) is -3.58. The maximum Gasteiger partial charge on any atom is 0.178 e. The summed E-state index contributed by atoms with van der Waals surface area (Å²) in [6, 6.07) is 7.08. The van der Waals surface area contributed by atoms with E-state index in [1.54, 1.807) is 25.1 Å². The van der Waals surface area contributed by atoms with Gasteiger partial charge in [-0.05, 0) is 36.8 Å². The number of sulfone groups is 1. The first-order chi connectivity index (χ1) is 10.3. The predicted molar refractivity (Wildman–Crippen MR) is 79.6 cm³/mol. The Labute approximate surface area is 128 Å². The van der Waals surface area contributed by atoms with Crippen LogP contribution in [0.1, 0.15) is 30.4 Å². The van der Waals surface area contributed by atoms with Crippen LogP contribution in [0.15, 0.2) is 45.9 Å². The monoisotopic (exact) mass is 327 g/mol. The molecule has 2 aromatic rings. The molecule has 0 bridgehead atoms. The molecule has 0 unspecified atom stereocenters. The van der Waals surface area contributed by atoms with Crippen molar-refractivity contribution in [1.82, 2.24) is 5.32 Å². The number of nitrogens with one attached hydrogen (secondary N) is 1. The van der Waals surface area contributed by atoms with E-state index in [1.807, 2.05) is 0 Å². The summed E-state index contributed by atoms with van der Waals surface area (Å²) in [5.74, 6) is -0.335. The van der Waals surface area contributed by atoms with Crippen LogP contribution in [0.25, 0.3) is 0 Å². The Morgan fingerprint density at radius 1 is 1.36 bits per heavy atom. The third kappa shape index (κ3) is 3.94. The van der Waals surface area contributed by atoms with Gasteiger partial charge in [0.15, 0.2) is 9.84 Å². The van der Waals surface area contributed by atoms with Crippen molar-refractivity contribution in [2.75, 3.05) is 12.8 Å². The molecule has 0 fully saturated rings. The lowest BCUT2D eigenvalue weighted by atomic mass is 10.1. The van der Waals surface area contributed by atoms with Gasteiger partial charge in [0.1, 0.15) is 22.6 Å². The van der Waals surface area contributed by atoms with E-state index in [0.717, 1.165) is 6.26 Å². The van der Waals surface area contributed by atoms with E-state index in [-0.39, 0.29) is 17.5 Å². The number of rotatable bonds is 6. The lowest BCUT2D eigenvalue weighted by Gasteiger charge is -2.17. The molecule has 22 heavy (non-hydrogen) atoms. The molecule has 5 nitrogen and oxygen atoms in total. The van der Waals surface area contributed by atoms with E-state index >= 15 is 0 Å². The second kappa shape index (κ2) is 6.60. The molecule has 0 saturated heterocycles. The minimum Gasteiger partial charge on any atom is -0.467 e. The van der Waals surface area contributed by atoms with Crippen LogP contribution in [0.2, 0.25) is 0 Å². The number of benzene rings is 1. The standard InChI is InChI=1S/C15H18FNO4S/c1-10(17-9-13(18)14-4-3-7-21-14)11-5-6-15(12(16)8-11)22(2,19)20/h3-8,10,13,17-18H,9H2,1-2H3/t10-,13-/m0/s1. The minimum absolute atomic E-state index is 0.226. The molecule has 0 aliphatic heterocycles. The van der Waals surface area contributed by atoms with Gasteiger partial charge in [0.25, 0.3) is 0 Å². The predicted octanol–water partition coefficient (Wildman–Crippen LogP) is 2.21. The first-order valence-corrected chi connectivity index (χ1v) is 8.62. The van der Waals surface area contributed by atoms with Crippen LogP contribution in [0, 0.1) is 5.82 Å². The van der Waals surface area contributed by atoms with Crippen molar-refractivity contribution in [2.45, 2.75) is 24.0 Å². The van der Waals surface area contributed by atoms with Crippen molar-refractivity contribution in [3.63, 3.8) is 0 Å². The van der Waals surface area contributed by atoms with Gasteiger partial charge in [-0.2, -0.15) is 0 Å². The minimum atomic E-state index is -3.58. The van der Waals surface area contributed by atoms with E-state index < -0.39 is 21.8 Å². The Hall–Kier alpha value is -1.70. The van der Waals surface area contributed by atoms with Crippen LogP contribution >= 0.6 is 0 Å². The highest BCUT2D eigenvalue weighted by Gasteiger charge is 2.17.